The second kappa shape index (κ2) is 5.97. The molecule has 3 aromatic heterocycles. The maximum absolute atomic E-state index is 9.40. The molecule has 128 valence electrons. The Hall–Kier alpha value is -3.62. The molecule has 0 unspecified atom stereocenters. The molecule has 2 aromatic carbocycles. The van der Waals surface area contributed by atoms with Crippen molar-refractivity contribution in [3.63, 3.8) is 0 Å². The second-order valence-electron chi connectivity index (χ2n) is 6.21. The van der Waals surface area contributed by atoms with Crippen LogP contribution in [0, 0.1) is 11.3 Å². The summed E-state index contributed by atoms with van der Waals surface area (Å²) in [6.45, 7) is 0. The first-order valence-electron chi connectivity index (χ1n) is 8.42. The fraction of sp³-hybridized carbons (Fsp3) is 0. The zero-order chi connectivity index (χ0) is 18.4. The Kier molecular flexibility index (Phi) is 3.46. The lowest BCUT2D eigenvalue weighted by molar-refractivity contribution is 0.629. The first-order chi connectivity index (χ1) is 13.2. The summed E-state index contributed by atoms with van der Waals surface area (Å²) in [6, 6.07) is 24.0. The van der Waals surface area contributed by atoms with Gasteiger partial charge >= 0.3 is 0 Å². The van der Waals surface area contributed by atoms with E-state index >= 15 is 0 Å². The first kappa shape index (κ1) is 15.6. The smallest absolute Gasteiger partial charge is 0.153 e. The Bertz CT molecular complexity index is 1310. The third-order valence-corrected chi connectivity index (χ3v) is 5.57. The third-order valence-electron chi connectivity index (χ3n) is 4.56. The van der Waals surface area contributed by atoms with Gasteiger partial charge in [-0.15, -0.1) is 11.3 Å². The molecule has 0 atom stereocenters. The van der Waals surface area contributed by atoms with E-state index in [4.69, 9.17) is 15.1 Å². The van der Waals surface area contributed by atoms with E-state index in [1.165, 1.54) is 11.3 Å². The van der Waals surface area contributed by atoms with Gasteiger partial charge in [0, 0.05) is 10.8 Å². The zero-order valence-electron chi connectivity index (χ0n) is 14.1. The molecule has 0 aliphatic rings. The van der Waals surface area contributed by atoms with Crippen LogP contribution in [0.25, 0.3) is 43.8 Å². The van der Waals surface area contributed by atoms with Gasteiger partial charge in [0.1, 0.15) is 27.1 Å². The van der Waals surface area contributed by atoms with Crippen LogP contribution in [0.4, 0.5) is 5.69 Å². The highest BCUT2D eigenvalue weighted by molar-refractivity contribution is 7.20. The van der Waals surface area contributed by atoms with Crippen molar-refractivity contribution in [1.29, 1.82) is 5.26 Å². The van der Waals surface area contributed by atoms with E-state index in [9.17, 15) is 5.26 Å². The number of nitrogens with two attached hydrogens (primary N) is 1. The minimum atomic E-state index is 0.483. The molecule has 0 amide bonds. The fourth-order valence-electron chi connectivity index (χ4n) is 3.28. The number of aromatic nitrogens is 1. The molecule has 3 heterocycles. The molecule has 0 aliphatic carbocycles. The lowest BCUT2D eigenvalue weighted by Gasteiger charge is -2.07. The van der Waals surface area contributed by atoms with Gasteiger partial charge in [-0.2, -0.15) is 5.26 Å². The SMILES string of the molecule is N#Cc1sc2nc(-c3cc4ccccc4o3)cc(-c3ccccc3)c2c1N. The van der Waals surface area contributed by atoms with E-state index in [1.54, 1.807) is 0 Å². The number of nitrogen functional groups attached to an aromatic ring is 1. The van der Waals surface area contributed by atoms with Crippen LogP contribution in [0.2, 0.25) is 0 Å². The molecule has 5 heteroatoms. The monoisotopic (exact) mass is 367 g/mol. The molecule has 5 rings (SSSR count). The summed E-state index contributed by atoms with van der Waals surface area (Å²) in [4.78, 5) is 5.97. The molecule has 0 bridgehead atoms. The molecule has 27 heavy (non-hydrogen) atoms. The molecule has 0 aliphatic heterocycles. The highest BCUT2D eigenvalue weighted by atomic mass is 32.1. The Morgan fingerprint density at radius 3 is 2.56 bits per heavy atom. The Labute approximate surface area is 159 Å². The number of rotatable bonds is 2. The van der Waals surface area contributed by atoms with Gasteiger partial charge in [0.15, 0.2) is 5.76 Å². The summed E-state index contributed by atoms with van der Waals surface area (Å²) < 4.78 is 6.00. The van der Waals surface area contributed by atoms with Crippen LogP contribution in [0.15, 0.2) is 71.1 Å². The number of anilines is 1. The third kappa shape index (κ3) is 2.47. The minimum absolute atomic E-state index is 0.483. The highest BCUT2D eigenvalue weighted by Gasteiger charge is 2.18. The standard InChI is InChI=1S/C22H13N3OS/c23-12-19-21(24)20-15(13-6-2-1-3-7-13)11-16(25-22(20)27-19)18-10-14-8-4-5-9-17(14)26-18/h1-11H,24H2. The first-order valence-corrected chi connectivity index (χ1v) is 9.24. The van der Waals surface area contributed by atoms with Crippen molar-refractivity contribution in [2.24, 2.45) is 0 Å². The molecule has 5 aromatic rings. The number of benzene rings is 2. The van der Waals surface area contributed by atoms with Gasteiger partial charge < -0.3 is 10.2 Å². The minimum Gasteiger partial charge on any atom is -0.454 e. The van der Waals surface area contributed by atoms with Crippen LogP contribution >= 0.6 is 11.3 Å². The number of fused-ring (bicyclic) bond motifs is 2. The van der Waals surface area contributed by atoms with Gasteiger partial charge in [-0.3, -0.25) is 0 Å². The van der Waals surface area contributed by atoms with E-state index in [1.807, 2.05) is 66.7 Å². The number of thiophene rings is 1. The zero-order valence-corrected chi connectivity index (χ0v) is 15.0. The molecule has 0 radical (unpaired) electrons. The topological polar surface area (TPSA) is 75.8 Å². The second-order valence-corrected chi connectivity index (χ2v) is 7.21. The molecule has 2 N–H and O–H groups in total. The Morgan fingerprint density at radius 1 is 1.00 bits per heavy atom. The number of furan rings is 1. The van der Waals surface area contributed by atoms with Crippen molar-refractivity contribution >= 4 is 38.2 Å². The molecule has 0 fully saturated rings. The van der Waals surface area contributed by atoms with E-state index in [0.29, 0.717) is 16.3 Å². The van der Waals surface area contributed by atoms with E-state index < -0.39 is 0 Å². The molecule has 0 saturated carbocycles. The number of pyridine rings is 1. The van der Waals surface area contributed by atoms with Gasteiger partial charge in [0.2, 0.25) is 0 Å². The summed E-state index contributed by atoms with van der Waals surface area (Å²) in [5.41, 5.74) is 10.3. The lowest BCUT2D eigenvalue weighted by Crippen LogP contribution is -1.90. The van der Waals surface area contributed by atoms with Crippen LogP contribution in [0.3, 0.4) is 0 Å². The van der Waals surface area contributed by atoms with E-state index in [0.717, 1.165) is 38.0 Å². The average Bonchev–Trinajstić information content (AvgIpc) is 3.29. The summed E-state index contributed by atoms with van der Waals surface area (Å²) in [6.07, 6.45) is 0. The van der Waals surface area contributed by atoms with Crippen molar-refractivity contribution < 1.29 is 4.42 Å². The van der Waals surface area contributed by atoms with Crippen molar-refractivity contribution in [2.45, 2.75) is 0 Å². The molecule has 0 spiro atoms. The number of nitriles is 1. The largest absolute Gasteiger partial charge is 0.454 e. The van der Waals surface area contributed by atoms with Crippen LogP contribution in [0.1, 0.15) is 4.88 Å². The maximum Gasteiger partial charge on any atom is 0.153 e. The predicted octanol–water partition coefficient (Wildman–Crippen LogP) is 5.83. The predicted molar refractivity (Wildman–Crippen MR) is 109 cm³/mol. The number of para-hydroxylation sites is 1. The normalized spacial score (nSPS) is 11.1. The van der Waals surface area contributed by atoms with Gasteiger partial charge in [-0.05, 0) is 29.3 Å². The van der Waals surface area contributed by atoms with Gasteiger partial charge in [0.05, 0.1) is 5.69 Å². The van der Waals surface area contributed by atoms with Gasteiger partial charge in [-0.25, -0.2) is 4.98 Å². The average molecular weight is 367 g/mol. The maximum atomic E-state index is 9.40. The molecular weight excluding hydrogens is 354 g/mol. The van der Waals surface area contributed by atoms with E-state index in [-0.39, 0.29) is 0 Å². The number of hydrogen-bond acceptors (Lipinski definition) is 5. The van der Waals surface area contributed by atoms with Crippen molar-refractivity contribution in [2.75, 3.05) is 5.73 Å². The summed E-state index contributed by atoms with van der Waals surface area (Å²) in [5, 5.41) is 11.2. The molecule has 4 nitrogen and oxygen atoms in total. The number of hydrogen-bond donors (Lipinski definition) is 1. The van der Waals surface area contributed by atoms with Crippen LogP contribution in [0.5, 0.6) is 0 Å². The van der Waals surface area contributed by atoms with Gasteiger partial charge in [-0.1, -0.05) is 48.5 Å². The molecule has 0 saturated heterocycles. The fourth-order valence-corrected chi connectivity index (χ4v) is 4.20. The quantitative estimate of drug-likeness (QED) is 0.426. The molecular formula is C22H13N3OS. The summed E-state index contributed by atoms with van der Waals surface area (Å²) in [7, 11) is 0. The van der Waals surface area contributed by atoms with Crippen LogP contribution in [-0.4, -0.2) is 4.98 Å². The van der Waals surface area contributed by atoms with E-state index in [2.05, 4.69) is 6.07 Å². The van der Waals surface area contributed by atoms with Crippen molar-refractivity contribution in [3.8, 4) is 28.7 Å². The lowest BCUT2D eigenvalue weighted by atomic mass is 10.0. The summed E-state index contributed by atoms with van der Waals surface area (Å²) >= 11 is 1.31. The van der Waals surface area contributed by atoms with Gasteiger partial charge in [0.25, 0.3) is 0 Å². The highest BCUT2D eigenvalue weighted by Crippen LogP contribution is 2.41. The van der Waals surface area contributed by atoms with Crippen molar-refractivity contribution in [3.05, 3.63) is 71.6 Å². The number of nitrogens with zero attached hydrogens (tertiary/aromatic N) is 2. The summed E-state index contributed by atoms with van der Waals surface area (Å²) in [5.74, 6) is 0.695. The Morgan fingerprint density at radius 2 is 1.78 bits per heavy atom. The van der Waals surface area contributed by atoms with Crippen LogP contribution < -0.4 is 5.73 Å². The van der Waals surface area contributed by atoms with Crippen LogP contribution in [-0.2, 0) is 0 Å². The van der Waals surface area contributed by atoms with Crippen molar-refractivity contribution in [1.82, 2.24) is 4.98 Å². The Balaban J connectivity index is 1.83.